The summed E-state index contributed by atoms with van der Waals surface area (Å²) in [4.78, 5) is 32.0. The van der Waals surface area contributed by atoms with Gasteiger partial charge in [0, 0.05) is 0 Å². The van der Waals surface area contributed by atoms with Crippen molar-refractivity contribution in [2.75, 3.05) is 38.3 Å². The maximum Gasteiger partial charge on any atom is 0.351 e. The molecule has 0 saturated carbocycles. The summed E-state index contributed by atoms with van der Waals surface area (Å²) < 4.78 is 17.5. The summed E-state index contributed by atoms with van der Waals surface area (Å²) in [6.07, 6.45) is 7.06. The fraction of sp³-hybridized carbons (Fsp3) is 0.588. The fourth-order valence-electron chi connectivity index (χ4n) is 2.44. The fourth-order valence-corrected chi connectivity index (χ4v) is 2.86. The van der Waals surface area contributed by atoms with Gasteiger partial charge in [0.1, 0.15) is 11.8 Å². The number of ether oxygens (including phenoxy) is 1. The topological polar surface area (TPSA) is 160 Å². The zero-order valence-corrected chi connectivity index (χ0v) is 17.8. The molecule has 12 heteroatoms. The number of nitrogens with zero attached hydrogens (tertiary/aromatic N) is 5. The van der Waals surface area contributed by atoms with Crippen LogP contribution in [0, 0.1) is 12.3 Å². The second-order valence-corrected chi connectivity index (χ2v) is 7.75. The van der Waals surface area contributed by atoms with Crippen molar-refractivity contribution in [1.82, 2.24) is 24.4 Å². The van der Waals surface area contributed by atoms with Crippen molar-refractivity contribution in [2.45, 2.75) is 32.9 Å². The van der Waals surface area contributed by atoms with Crippen LogP contribution in [0.2, 0.25) is 0 Å². The number of anilines is 1. The smallest absolute Gasteiger partial charge is 0.351 e. The Hall–Kier alpha value is -2.06. The van der Waals surface area contributed by atoms with Gasteiger partial charge in [-0.1, -0.05) is 26.7 Å². The number of aliphatic hydroxyl groups is 1. The van der Waals surface area contributed by atoms with E-state index in [0.717, 1.165) is 0 Å². The van der Waals surface area contributed by atoms with E-state index in [0.29, 0.717) is 11.2 Å². The lowest BCUT2D eigenvalue weighted by Gasteiger charge is -2.27. The first-order chi connectivity index (χ1) is 13.6. The number of rotatable bonds is 9. The second-order valence-electron chi connectivity index (χ2n) is 6.16. The van der Waals surface area contributed by atoms with Gasteiger partial charge in [-0.05, 0) is 19.6 Å². The van der Waals surface area contributed by atoms with Crippen LogP contribution >= 0.6 is 7.60 Å². The molecule has 0 aliphatic carbocycles. The Bertz CT molecular complexity index is 854. The van der Waals surface area contributed by atoms with Crippen molar-refractivity contribution in [3.8, 4) is 12.3 Å². The average Bonchev–Trinajstić information content (AvgIpc) is 3.10. The van der Waals surface area contributed by atoms with E-state index in [9.17, 15) is 9.67 Å². The van der Waals surface area contributed by atoms with E-state index in [2.05, 4.69) is 46.5 Å². The third-order valence-electron chi connectivity index (χ3n) is 4.22. The summed E-state index contributed by atoms with van der Waals surface area (Å²) >= 11 is 0. The van der Waals surface area contributed by atoms with Gasteiger partial charge in [-0.15, -0.1) is 6.42 Å². The summed E-state index contributed by atoms with van der Waals surface area (Å²) in [6, 6.07) is 0. The van der Waals surface area contributed by atoms with Gasteiger partial charge in [-0.25, -0.2) is 15.0 Å². The highest BCUT2D eigenvalue weighted by atomic mass is 31.2. The molecule has 2 rings (SSSR count). The highest BCUT2D eigenvalue weighted by molar-refractivity contribution is 7.51. The van der Waals surface area contributed by atoms with Gasteiger partial charge < -0.3 is 34.8 Å². The molecule has 162 valence electrons. The van der Waals surface area contributed by atoms with E-state index in [1.807, 2.05) is 0 Å². The Balaban J connectivity index is 0.000000516. The van der Waals surface area contributed by atoms with E-state index < -0.39 is 26.2 Å². The zero-order valence-electron chi connectivity index (χ0n) is 16.9. The lowest BCUT2D eigenvalue weighted by molar-refractivity contribution is -0.0327. The van der Waals surface area contributed by atoms with Gasteiger partial charge >= 0.3 is 7.60 Å². The first-order valence-electron chi connectivity index (χ1n) is 9.06. The highest BCUT2D eigenvalue weighted by Crippen LogP contribution is 2.36. The number of nitrogen functional groups attached to an aromatic ring is 1. The molecule has 0 spiro atoms. The summed E-state index contributed by atoms with van der Waals surface area (Å²) in [5.74, 6) is 2.39. The van der Waals surface area contributed by atoms with E-state index in [-0.39, 0.29) is 12.4 Å². The van der Waals surface area contributed by atoms with Crippen molar-refractivity contribution in [1.29, 1.82) is 0 Å². The normalized spacial score (nSPS) is 13.6. The SMILES string of the molecule is C#CC(CO)(Cn1cnc2c(N)ncnc21)OCP(=O)(O)O.CCN(CC)CC. The third-order valence-corrected chi connectivity index (χ3v) is 4.69. The molecule has 0 aromatic carbocycles. The van der Waals surface area contributed by atoms with Gasteiger partial charge in [0.2, 0.25) is 0 Å². The number of imidazole rings is 1. The number of fused-ring (bicyclic) bond motifs is 1. The van der Waals surface area contributed by atoms with Gasteiger partial charge in [0.25, 0.3) is 0 Å². The molecule has 2 aromatic rings. The highest BCUT2D eigenvalue weighted by Gasteiger charge is 2.32. The maximum atomic E-state index is 10.9. The van der Waals surface area contributed by atoms with Crippen molar-refractivity contribution >= 4 is 24.6 Å². The van der Waals surface area contributed by atoms with E-state index in [1.54, 1.807) is 0 Å². The van der Waals surface area contributed by atoms with Crippen LogP contribution in [0.25, 0.3) is 11.2 Å². The molecular formula is C17H29N6O5P. The first kappa shape index (κ1) is 25.0. The molecule has 1 unspecified atom stereocenters. The summed E-state index contributed by atoms with van der Waals surface area (Å²) in [5.41, 5.74) is 4.74. The molecule has 0 amide bonds. The van der Waals surface area contributed by atoms with Crippen molar-refractivity contribution < 1.29 is 24.2 Å². The van der Waals surface area contributed by atoms with Crippen molar-refractivity contribution in [3.63, 3.8) is 0 Å². The molecule has 2 aromatic heterocycles. The predicted molar refractivity (Wildman–Crippen MR) is 110 cm³/mol. The molecule has 5 N–H and O–H groups in total. The minimum absolute atomic E-state index is 0.118. The van der Waals surface area contributed by atoms with Gasteiger partial charge in [-0.3, -0.25) is 4.57 Å². The van der Waals surface area contributed by atoms with E-state index >= 15 is 0 Å². The molecule has 0 saturated heterocycles. The van der Waals surface area contributed by atoms with Crippen molar-refractivity contribution in [2.24, 2.45) is 0 Å². The van der Waals surface area contributed by atoms with Crippen LogP contribution in [-0.2, 0) is 15.8 Å². The number of aromatic nitrogens is 4. The zero-order chi connectivity index (χ0) is 22.1. The van der Waals surface area contributed by atoms with Gasteiger partial charge in [-0.2, -0.15) is 0 Å². The Kier molecular flexibility index (Phi) is 9.65. The van der Waals surface area contributed by atoms with Crippen LogP contribution < -0.4 is 5.73 Å². The number of nitrogens with two attached hydrogens (primary N) is 1. The Morgan fingerprint density at radius 1 is 1.28 bits per heavy atom. The van der Waals surface area contributed by atoms with Crippen LogP contribution in [0.5, 0.6) is 0 Å². The molecule has 0 fully saturated rings. The van der Waals surface area contributed by atoms with Crippen LogP contribution in [0.3, 0.4) is 0 Å². The molecule has 2 heterocycles. The number of hydrogen-bond donors (Lipinski definition) is 4. The Morgan fingerprint density at radius 3 is 2.34 bits per heavy atom. The second kappa shape index (κ2) is 11.2. The molecule has 0 aliphatic heterocycles. The van der Waals surface area contributed by atoms with Crippen LogP contribution in [-0.4, -0.2) is 77.5 Å². The van der Waals surface area contributed by atoms with Crippen LogP contribution in [0.1, 0.15) is 20.8 Å². The maximum absolute atomic E-state index is 10.9. The number of aliphatic hydroxyl groups excluding tert-OH is 1. The third kappa shape index (κ3) is 7.36. The first-order valence-corrected chi connectivity index (χ1v) is 10.9. The summed E-state index contributed by atoms with van der Waals surface area (Å²) in [7, 11) is -4.43. The molecule has 0 radical (unpaired) electrons. The van der Waals surface area contributed by atoms with Crippen LogP contribution in [0.4, 0.5) is 5.82 Å². The van der Waals surface area contributed by atoms with Gasteiger partial charge in [0.05, 0.1) is 19.5 Å². The standard InChI is InChI=1S/C11H14N5O5P.C6H15N/c1-2-11(4-17,21-7-22(18,19)20)3-16-6-15-8-9(12)13-5-14-10(8)16;1-4-7(5-2)6-3/h1,5-6,17H,3-4,7H2,(H2,12,13,14)(H2,18,19,20);4-6H2,1-3H3. The minimum Gasteiger partial charge on any atom is -0.392 e. The van der Waals surface area contributed by atoms with Crippen LogP contribution in [0.15, 0.2) is 12.7 Å². The van der Waals surface area contributed by atoms with E-state index in [1.165, 1.54) is 36.9 Å². The lowest BCUT2D eigenvalue weighted by atomic mass is 10.1. The van der Waals surface area contributed by atoms with E-state index in [4.69, 9.17) is 26.7 Å². The average molecular weight is 428 g/mol. The number of hydrogen-bond acceptors (Lipinski definition) is 8. The molecule has 0 aliphatic rings. The Labute approximate surface area is 170 Å². The van der Waals surface area contributed by atoms with Gasteiger partial charge in [0.15, 0.2) is 23.4 Å². The molecule has 29 heavy (non-hydrogen) atoms. The molecular weight excluding hydrogens is 399 g/mol. The largest absolute Gasteiger partial charge is 0.392 e. The van der Waals surface area contributed by atoms with Crippen molar-refractivity contribution in [3.05, 3.63) is 12.7 Å². The predicted octanol–water partition coefficient (Wildman–Crippen LogP) is 0.273. The lowest BCUT2D eigenvalue weighted by Crippen LogP contribution is -2.40. The Morgan fingerprint density at radius 2 is 1.90 bits per heavy atom. The molecule has 1 atom stereocenters. The molecule has 11 nitrogen and oxygen atoms in total. The quantitative estimate of drug-likeness (QED) is 0.322. The number of terminal acetylenes is 1. The minimum atomic E-state index is -4.43. The summed E-state index contributed by atoms with van der Waals surface area (Å²) in [6.45, 7) is 9.36. The monoisotopic (exact) mass is 428 g/mol. The molecule has 0 bridgehead atoms. The summed E-state index contributed by atoms with van der Waals surface area (Å²) in [5, 5.41) is 9.49.